The predicted molar refractivity (Wildman–Crippen MR) is 90.6 cm³/mol. The van der Waals surface area contributed by atoms with Crippen molar-refractivity contribution in [2.75, 3.05) is 0 Å². The first kappa shape index (κ1) is 11.0. The molecule has 0 aromatic heterocycles. The van der Waals surface area contributed by atoms with Crippen LogP contribution >= 0.6 is 38.5 Å². The molecule has 0 radical (unpaired) electrons. The average Bonchev–Trinajstić information content (AvgIpc) is 2.36. The van der Waals surface area contributed by atoms with Crippen molar-refractivity contribution in [2.24, 2.45) is 0 Å². The van der Waals surface area contributed by atoms with E-state index in [0.717, 1.165) is 0 Å². The van der Waals surface area contributed by atoms with E-state index in [4.69, 9.17) is 0 Å². The van der Waals surface area contributed by atoms with Crippen molar-refractivity contribution in [3.8, 4) is 0 Å². The third-order valence-corrected chi connectivity index (χ3v) is 4.77. The molecule has 4 aromatic rings. The van der Waals surface area contributed by atoms with Crippen molar-refractivity contribution in [1.82, 2.24) is 0 Å². The third kappa shape index (κ3) is 1.42. The summed E-state index contributed by atoms with van der Waals surface area (Å²) in [6.45, 7) is 0. The number of hydrogen-bond donors (Lipinski definition) is 0. The van der Waals surface area contributed by atoms with Gasteiger partial charge in [0.1, 0.15) is 0 Å². The second-order valence-corrected chi connectivity index (χ2v) is 6.65. The second-order valence-electron chi connectivity index (χ2n) is 4.55. The first-order chi connectivity index (χ1) is 8.74. The highest BCUT2D eigenvalue weighted by molar-refractivity contribution is 14.1. The Bertz CT molecular complexity index is 896. The number of halogens is 2. The fourth-order valence-electron chi connectivity index (χ4n) is 2.76. The van der Waals surface area contributed by atoms with E-state index in [1.165, 1.54) is 40.4 Å². The van der Waals surface area contributed by atoms with Gasteiger partial charge in [-0.3, -0.25) is 0 Å². The van der Waals surface area contributed by atoms with Crippen LogP contribution in [0.1, 0.15) is 0 Å². The standard InChI is InChI=1S/C16H8BrI/c17-14-8-11-7-12(18)6-10-5-4-9-2-1-3-13(14)16(9)15(10)11/h1-8H. The van der Waals surface area contributed by atoms with Gasteiger partial charge in [-0.05, 0) is 73.1 Å². The monoisotopic (exact) mass is 406 g/mol. The molecule has 0 unspecified atom stereocenters. The molecule has 0 aliphatic heterocycles. The van der Waals surface area contributed by atoms with Crippen molar-refractivity contribution < 1.29 is 0 Å². The maximum atomic E-state index is 3.70. The summed E-state index contributed by atoms with van der Waals surface area (Å²) in [7, 11) is 0. The molecule has 0 atom stereocenters. The Labute approximate surface area is 127 Å². The van der Waals surface area contributed by atoms with Crippen molar-refractivity contribution in [2.45, 2.75) is 0 Å². The molecule has 0 amide bonds. The van der Waals surface area contributed by atoms with Gasteiger partial charge in [-0.15, -0.1) is 0 Å². The van der Waals surface area contributed by atoms with Crippen molar-refractivity contribution in [1.29, 1.82) is 0 Å². The van der Waals surface area contributed by atoms with Crippen LogP contribution in [0.15, 0.2) is 53.0 Å². The summed E-state index contributed by atoms with van der Waals surface area (Å²) in [5, 5.41) is 8.00. The highest BCUT2D eigenvalue weighted by Crippen LogP contribution is 2.38. The minimum Gasteiger partial charge on any atom is -0.0610 e. The van der Waals surface area contributed by atoms with Gasteiger partial charge in [-0.1, -0.05) is 46.3 Å². The first-order valence-electron chi connectivity index (χ1n) is 5.76. The van der Waals surface area contributed by atoms with Gasteiger partial charge in [-0.2, -0.15) is 0 Å². The van der Waals surface area contributed by atoms with Crippen LogP contribution in [-0.4, -0.2) is 0 Å². The zero-order valence-corrected chi connectivity index (χ0v) is 13.1. The third-order valence-electron chi connectivity index (χ3n) is 3.49. The van der Waals surface area contributed by atoms with Crippen molar-refractivity contribution in [3.05, 3.63) is 56.6 Å². The van der Waals surface area contributed by atoms with E-state index >= 15 is 0 Å². The van der Waals surface area contributed by atoms with Gasteiger partial charge in [0.2, 0.25) is 0 Å². The molecule has 4 aromatic carbocycles. The Balaban J connectivity index is 2.46. The lowest BCUT2D eigenvalue weighted by Crippen LogP contribution is -1.85. The van der Waals surface area contributed by atoms with Gasteiger partial charge in [0.05, 0.1) is 0 Å². The molecule has 86 valence electrons. The summed E-state index contributed by atoms with van der Waals surface area (Å²) >= 11 is 6.08. The molecule has 2 heteroatoms. The fraction of sp³-hybridized carbons (Fsp3) is 0. The lowest BCUT2D eigenvalue weighted by molar-refractivity contribution is 1.72. The van der Waals surface area contributed by atoms with Gasteiger partial charge in [-0.25, -0.2) is 0 Å². The van der Waals surface area contributed by atoms with Crippen LogP contribution in [-0.2, 0) is 0 Å². The lowest BCUT2D eigenvalue weighted by Gasteiger charge is -2.12. The molecular weight excluding hydrogens is 399 g/mol. The summed E-state index contributed by atoms with van der Waals surface area (Å²) in [5.74, 6) is 0. The van der Waals surface area contributed by atoms with Gasteiger partial charge >= 0.3 is 0 Å². The SMILES string of the molecule is Brc1cc2cc(I)cc3ccc4cccc1c4c32. The minimum atomic E-state index is 1.18. The molecule has 18 heavy (non-hydrogen) atoms. The number of benzene rings is 4. The van der Waals surface area contributed by atoms with Gasteiger partial charge < -0.3 is 0 Å². The average molecular weight is 407 g/mol. The Morgan fingerprint density at radius 1 is 0.778 bits per heavy atom. The zero-order valence-electron chi connectivity index (χ0n) is 9.37. The first-order valence-corrected chi connectivity index (χ1v) is 7.64. The fourth-order valence-corrected chi connectivity index (χ4v) is 4.01. The molecule has 0 spiro atoms. The maximum Gasteiger partial charge on any atom is 0.0260 e. The molecule has 4 rings (SSSR count). The molecule has 0 nitrogen and oxygen atoms in total. The van der Waals surface area contributed by atoms with Crippen molar-refractivity contribution >= 4 is 70.8 Å². The van der Waals surface area contributed by atoms with E-state index in [-0.39, 0.29) is 0 Å². The summed E-state index contributed by atoms with van der Waals surface area (Å²) in [6.07, 6.45) is 0. The molecule has 0 fully saturated rings. The number of hydrogen-bond acceptors (Lipinski definition) is 0. The molecule has 0 N–H and O–H groups in total. The van der Waals surface area contributed by atoms with E-state index in [1.807, 2.05) is 0 Å². The largest absolute Gasteiger partial charge is 0.0610 e. The Morgan fingerprint density at radius 2 is 1.56 bits per heavy atom. The van der Waals surface area contributed by atoms with Crippen LogP contribution in [0.3, 0.4) is 0 Å². The Morgan fingerprint density at radius 3 is 2.44 bits per heavy atom. The van der Waals surface area contributed by atoms with Gasteiger partial charge in [0.15, 0.2) is 0 Å². The summed E-state index contributed by atoms with van der Waals surface area (Å²) in [4.78, 5) is 0. The lowest BCUT2D eigenvalue weighted by atomic mass is 9.94. The molecule has 0 bridgehead atoms. The topological polar surface area (TPSA) is 0 Å². The maximum absolute atomic E-state index is 3.70. The van der Waals surface area contributed by atoms with Crippen LogP contribution in [0.5, 0.6) is 0 Å². The Hall–Kier alpha value is -0.870. The van der Waals surface area contributed by atoms with Crippen molar-refractivity contribution in [3.63, 3.8) is 0 Å². The van der Waals surface area contributed by atoms with Gasteiger partial charge in [0, 0.05) is 8.04 Å². The molecular formula is C16H8BrI. The summed E-state index contributed by atoms with van der Waals surface area (Å²) in [6, 6.07) is 17.7. The molecule has 0 heterocycles. The highest BCUT2D eigenvalue weighted by Gasteiger charge is 2.10. The van der Waals surface area contributed by atoms with Crippen LogP contribution in [0.25, 0.3) is 32.3 Å². The smallest absolute Gasteiger partial charge is 0.0260 e. The molecule has 0 aliphatic rings. The normalized spacial score (nSPS) is 11.9. The number of rotatable bonds is 0. The van der Waals surface area contributed by atoms with Crippen LogP contribution in [0, 0.1) is 3.57 Å². The van der Waals surface area contributed by atoms with Crippen LogP contribution < -0.4 is 0 Å². The molecule has 0 saturated heterocycles. The molecule has 0 saturated carbocycles. The van der Waals surface area contributed by atoms with E-state index < -0.39 is 0 Å². The minimum absolute atomic E-state index is 1.18. The van der Waals surface area contributed by atoms with Crippen LogP contribution in [0.2, 0.25) is 0 Å². The van der Waals surface area contributed by atoms with Gasteiger partial charge in [0.25, 0.3) is 0 Å². The van der Waals surface area contributed by atoms with E-state index in [2.05, 4.69) is 87.1 Å². The summed E-state index contributed by atoms with van der Waals surface area (Å²) < 4.78 is 2.46. The van der Waals surface area contributed by atoms with Crippen LogP contribution in [0.4, 0.5) is 0 Å². The Kier molecular flexibility index (Phi) is 2.33. The van der Waals surface area contributed by atoms with E-state index in [1.54, 1.807) is 0 Å². The summed E-state index contributed by atoms with van der Waals surface area (Å²) in [5.41, 5.74) is 0. The molecule has 0 aliphatic carbocycles. The quantitative estimate of drug-likeness (QED) is 0.250. The second kappa shape index (κ2) is 3.81. The highest BCUT2D eigenvalue weighted by atomic mass is 127. The van der Waals surface area contributed by atoms with E-state index in [9.17, 15) is 0 Å². The predicted octanol–water partition coefficient (Wildman–Crippen LogP) is 5.95. The zero-order chi connectivity index (χ0) is 12.3. The van der Waals surface area contributed by atoms with E-state index in [0.29, 0.717) is 0 Å².